The molecule has 0 saturated carbocycles. The van der Waals surface area contributed by atoms with E-state index in [1.807, 2.05) is 67.6 Å². The smallest absolute Gasteiger partial charge is 0.384 e. The van der Waals surface area contributed by atoms with Gasteiger partial charge in [-0.15, -0.1) is 0 Å². The Morgan fingerprint density at radius 2 is 1.67 bits per heavy atom. The number of aliphatic hydroxyl groups excluding tert-OH is 1. The SMILES string of the molecule is CC/C=C(/C=C(\Nc1cccc(C#N)c1)C(=O)CCC)C(F)(F)F.Cc1cccc(C(O)c2ccccc2)c1. The van der Waals surface area contributed by atoms with Crippen LogP contribution in [0.4, 0.5) is 18.9 Å². The van der Waals surface area contributed by atoms with Crippen molar-refractivity contribution in [3.8, 4) is 6.07 Å². The van der Waals surface area contributed by atoms with Crippen LogP contribution >= 0.6 is 0 Å². The van der Waals surface area contributed by atoms with Gasteiger partial charge in [-0.3, -0.25) is 4.79 Å². The topological polar surface area (TPSA) is 73.1 Å². The molecular weight excluding hydrogens is 501 g/mol. The number of nitrogens with one attached hydrogen (secondary N) is 1. The van der Waals surface area contributed by atoms with Gasteiger partial charge in [0, 0.05) is 12.1 Å². The highest BCUT2D eigenvalue weighted by atomic mass is 19.4. The second kappa shape index (κ2) is 15.3. The highest BCUT2D eigenvalue weighted by Gasteiger charge is 2.32. The molecule has 0 aliphatic heterocycles. The van der Waals surface area contributed by atoms with E-state index in [9.17, 15) is 23.1 Å². The van der Waals surface area contributed by atoms with Crippen molar-refractivity contribution in [3.63, 3.8) is 0 Å². The van der Waals surface area contributed by atoms with E-state index in [4.69, 9.17) is 5.26 Å². The number of aryl methyl sites for hydroxylation is 1. The summed E-state index contributed by atoms with van der Waals surface area (Å²) >= 11 is 0. The molecule has 0 aliphatic rings. The summed E-state index contributed by atoms with van der Waals surface area (Å²) in [6.45, 7) is 5.40. The van der Waals surface area contributed by atoms with Gasteiger partial charge in [0.15, 0.2) is 5.78 Å². The van der Waals surface area contributed by atoms with Gasteiger partial charge in [-0.2, -0.15) is 18.4 Å². The van der Waals surface area contributed by atoms with Gasteiger partial charge < -0.3 is 10.4 Å². The number of alkyl halides is 3. The number of anilines is 1. The number of halogens is 3. The maximum absolute atomic E-state index is 13.1. The highest BCUT2D eigenvalue weighted by molar-refractivity contribution is 5.98. The largest absolute Gasteiger partial charge is 0.416 e. The van der Waals surface area contributed by atoms with E-state index in [0.717, 1.165) is 23.3 Å². The molecule has 39 heavy (non-hydrogen) atoms. The minimum Gasteiger partial charge on any atom is -0.384 e. The van der Waals surface area contributed by atoms with Crippen molar-refractivity contribution >= 4 is 11.5 Å². The minimum absolute atomic E-state index is 0.133. The van der Waals surface area contributed by atoms with Crippen molar-refractivity contribution in [2.75, 3.05) is 5.32 Å². The molecule has 0 radical (unpaired) electrons. The summed E-state index contributed by atoms with van der Waals surface area (Å²) in [6.07, 6.45) is -2.34. The standard InChI is InChI=1S/C18H19F3N2O.C14H14O/c1-3-6-14(18(19,20)21)11-16(17(24)7-4-2)23-15-9-5-8-13(10-15)12-22;1-11-6-5-9-13(10-11)14(15)12-7-3-2-4-8-12/h5-6,8-11,23H,3-4,7H2,1-2H3;2-10,14-15H,1H3/b14-6-,16-11-;. The molecule has 3 aromatic carbocycles. The summed E-state index contributed by atoms with van der Waals surface area (Å²) in [6, 6.07) is 25.8. The molecular formula is C32H33F3N2O2. The molecule has 4 nitrogen and oxygen atoms in total. The lowest BCUT2D eigenvalue weighted by Gasteiger charge is -2.13. The molecule has 1 atom stereocenters. The molecule has 0 spiro atoms. The number of nitriles is 1. The number of carbonyl (C=O) groups excluding carboxylic acids is 1. The number of carbonyl (C=O) groups is 1. The van der Waals surface area contributed by atoms with E-state index in [1.165, 1.54) is 11.6 Å². The Morgan fingerprint density at radius 1 is 1.00 bits per heavy atom. The van der Waals surface area contributed by atoms with Crippen molar-refractivity contribution in [1.82, 2.24) is 0 Å². The van der Waals surface area contributed by atoms with Crippen LogP contribution in [-0.4, -0.2) is 17.1 Å². The van der Waals surface area contributed by atoms with E-state index in [-0.39, 0.29) is 18.5 Å². The first kappa shape index (κ1) is 31.1. The Morgan fingerprint density at radius 3 is 2.26 bits per heavy atom. The predicted molar refractivity (Wildman–Crippen MR) is 149 cm³/mol. The third kappa shape index (κ3) is 10.3. The maximum Gasteiger partial charge on any atom is 0.416 e. The van der Waals surface area contributed by atoms with E-state index >= 15 is 0 Å². The fraction of sp³-hybridized carbons (Fsp3) is 0.250. The van der Waals surface area contributed by atoms with Crippen molar-refractivity contribution in [2.24, 2.45) is 0 Å². The number of Topliss-reactive ketones (excluding diaryl/α,β-unsaturated/α-hetero) is 1. The van der Waals surface area contributed by atoms with E-state index in [2.05, 4.69) is 5.32 Å². The molecule has 1 unspecified atom stereocenters. The number of hydrogen-bond acceptors (Lipinski definition) is 4. The van der Waals surface area contributed by atoms with Crippen LogP contribution in [0, 0.1) is 18.3 Å². The van der Waals surface area contributed by atoms with Crippen LogP contribution < -0.4 is 5.32 Å². The summed E-state index contributed by atoms with van der Waals surface area (Å²) in [7, 11) is 0. The van der Waals surface area contributed by atoms with E-state index in [1.54, 1.807) is 32.0 Å². The zero-order valence-corrected chi connectivity index (χ0v) is 22.3. The number of nitrogens with zero attached hydrogens (tertiary/aromatic N) is 1. The van der Waals surface area contributed by atoms with Gasteiger partial charge in [-0.1, -0.05) is 86.2 Å². The van der Waals surface area contributed by atoms with E-state index in [0.29, 0.717) is 17.7 Å². The Balaban J connectivity index is 0.000000302. The first-order chi connectivity index (χ1) is 18.6. The quantitative estimate of drug-likeness (QED) is 0.214. The highest BCUT2D eigenvalue weighted by Crippen LogP contribution is 2.29. The number of allylic oxidation sites excluding steroid dienone is 4. The Kier molecular flexibility index (Phi) is 12.2. The Hall–Kier alpha value is -4.15. The summed E-state index contributed by atoms with van der Waals surface area (Å²) in [5.41, 5.74) is 2.79. The van der Waals surface area contributed by atoms with Crippen molar-refractivity contribution < 1.29 is 23.1 Å². The van der Waals surface area contributed by atoms with Crippen molar-refractivity contribution in [1.29, 1.82) is 5.26 Å². The van der Waals surface area contributed by atoms with Crippen LogP contribution in [0.15, 0.2) is 102 Å². The second-order valence-electron chi connectivity index (χ2n) is 8.84. The van der Waals surface area contributed by atoms with Crippen LogP contribution in [0.25, 0.3) is 0 Å². The number of benzene rings is 3. The van der Waals surface area contributed by atoms with Crippen molar-refractivity contribution in [3.05, 3.63) is 125 Å². The summed E-state index contributed by atoms with van der Waals surface area (Å²) in [4.78, 5) is 12.2. The summed E-state index contributed by atoms with van der Waals surface area (Å²) < 4.78 is 39.2. The van der Waals surface area contributed by atoms with Gasteiger partial charge >= 0.3 is 6.18 Å². The molecule has 3 rings (SSSR count). The first-order valence-electron chi connectivity index (χ1n) is 12.7. The van der Waals surface area contributed by atoms with Gasteiger partial charge in [0.25, 0.3) is 0 Å². The molecule has 0 aromatic heterocycles. The average Bonchev–Trinajstić information content (AvgIpc) is 2.92. The molecule has 204 valence electrons. The predicted octanol–water partition coefficient (Wildman–Crippen LogP) is 8.20. The van der Waals surface area contributed by atoms with Crippen LogP contribution in [0.5, 0.6) is 0 Å². The average molecular weight is 535 g/mol. The molecule has 7 heteroatoms. The lowest BCUT2D eigenvalue weighted by Crippen LogP contribution is -2.16. The Labute approximate surface area is 228 Å². The maximum atomic E-state index is 13.1. The van der Waals surface area contributed by atoms with Crippen LogP contribution in [0.3, 0.4) is 0 Å². The fourth-order valence-electron chi connectivity index (χ4n) is 3.67. The van der Waals surface area contributed by atoms with E-state index < -0.39 is 23.6 Å². The van der Waals surface area contributed by atoms with Crippen LogP contribution in [-0.2, 0) is 4.79 Å². The number of rotatable bonds is 9. The zero-order valence-electron chi connectivity index (χ0n) is 22.3. The number of ketones is 1. The van der Waals surface area contributed by atoms with Crippen LogP contribution in [0.1, 0.15) is 61.5 Å². The molecule has 3 aromatic rings. The van der Waals surface area contributed by atoms with Crippen molar-refractivity contribution in [2.45, 2.75) is 52.3 Å². The second-order valence-corrected chi connectivity index (χ2v) is 8.84. The third-order valence-corrected chi connectivity index (χ3v) is 5.57. The fourth-order valence-corrected chi connectivity index (χ4v) is 3.67. The zero-order chi connectivity index (χ0) is 28.8. The van der Waals surface area contributed by atoms with Gasteiger partial charge in [-0.05, 0) is 55.2 Å². The van der Waals surface area contributed by atoms with Gasteiger partial charge in [-0.25, -0.2) is 0 Å². The van der Waals surface area contributed by atoms with Gasteiger partial charge in [0.1, 0.15) is 6.10 Å². The minimum atomic E-state index is -4.54. The molecule has 2 N–H and O–H groups in total. The molecule has 0 bridgehead atoms. The molecule has 0 amide bonds. The Bertz CT molecular complexity index is 1320. The third-order valence-electron chi connectivity index (χ3n) is 5.57. The summed E-state index contributed by atoms with van der Waals surface area (Å²) in [5.74, 6) is -0.411. The molecule has 0 saturated heterocycles. The number of aliphatic hydroxyl groups is 1. The number of hydrogen-bond donors (Lipinski definition) is 2. The normalized spacial score (nSPS) is 12.6. The molecule has 0 heterocycles. The van der Waals surface area contributed by atoms with Crippen LogP contribution in [0.2, 0.25) is 0 Å². The monoisotopic (exact) mass is 534 g/mol. The lowest BCUT2D eigenvalue weighted by atomic mass is 10.0. The molecule has 0 aliphatic carbocycles. The first-order valence-corrected chi connectivity index (χ1v) is 12.7. The lowest BCUT2D eigenvalue weighted by molar-refractivity contribution is -0.115. The van der Waals surface area contributed by atoms with Gasteiger partial charge in [0.2, 0.25) is 0 Å². The summed E-state index contributed by atoms with van der Waals surface area (Å²) in [5, 5.41) is 21.7. The molecule has 0 fully saturated rings. The van der Waals surface area contributed by atoms with Gasteiger partial charge in [0.05, 0.1) is 22.9 Å².